The van der Waals surface area contributed by atoms with Crippen LogP contribution in [0, 0.1) is 27.7 Å². The molecule has 0 aliphatic rings. The highest BCUT2D eigenvalue weighted by Gasteiger charge is 2.15. The molecule has 6 nitrogen and oxygen atoms in total. The average molecular weight is 385 g/mol. The zero-order valence-corrected chi connectivity index (χ0v) is 16.8. The second-order valence-electron chi connectivity index (χ2n) is 6.66. The van der Waals surface area contributed by atoms with Crippen LogP contribution >= 0.6 is 11.8 Å². The Labute approximate surface area is 163 Å². The molecule has 1 heterocycles. The molecule has 0 radical (unpaired) electrons. The number of aryl methyl sites for hydroxylation is 4. The van der Waals surface area contributed by atoms with Crippen LogP contribution in [-0.2, 0) is 0 Å². The number of rotatable bonds is 7. The number of ether oxygens (including phenoxy) is 1. The predicted octanol–water partition coefficient (Wildman–Crippen LogP) is 3.43. The van der Waals surface area contributed by atoms with Crippen molar-refractivity contribution in [1.82, 2.24) is 20.2 Å². The van der Waals surface area contributed by atoms with Crippen LogP contribution in [0.5, 0.6) is 5.75 Å². The van der Waals surface area contributed by atoms with E-state index < -0.39 is 6.10 Å². The Morgan fingerprint density at radius 3 is 2.56 bits per heavy atom. The predicted molar refractivity (Wildman–Crippen MR) is 107 cm³/mol. The lowest BCUT2D eigenvalue weighted by Crippen LogP contribution is -2.21. The van der Waals surface area contributed by atoms with Gasteiger partial charge in [-0.25, -0.2) is 0 Å². The molecule has 142 valence electrons. The van der Waals surface area contributed by atoms with Crippen LogP contribution < -0.4 is 4.74 Å². The summed E-state index contributed by atoms with van der Waals surface area (Å²) in [5.74, 6) is 1.28. The molecule has 0 amide bonds. The van der Waals surface area contributed by atoms with E-state index in [2.05, 4.69) is 27.7 Å². The normalized spacial score (nSPS) is 12.2. The van der Waals surface area contributed by atoms with Gasteiger partial charge in [-0.1, -0.05) is 42.1 Å². The molecular weight excluding hydrogens is 360 g/mol. The van der Waals surface area contributed by atoms with E-state index in [4.69, 9.17) is 4.74 Å². The quantitative estimate of drug-likeness (QED) is 0.629. The van der Waals surface area contributed by atoms with Crippen molar-refractivity contribution >= 4 is 11.8 Å². The molecule has 27 heavy (non-hydrogen) atoms. The van der Waals surface area contributed by atoms with Crippen LogP contribution in [0.4, 0.5) is 0 Å². The van der Waals surface area contributed by atoms with Gasteiger partial charge in [-0.05, 0) is 66.4 Å². The summed E-state index contributed by atoms with van der Waals surface area (Å²) >= 11 is 1.41. The average Bonchev–Trinajstić information content (AvgIpc) is 3.10. The maximum absolute atomic E-state index is 10.3. The third kappa shape index (κ3) is 4.67. The number of benzene rings is 2. The lowest BCUT2D eigenvalue weighted by Gasteiger charge is -2.15. The minimum absolute atomic E-state index is 0.226. The van der Waals surface area contributed by atoms with Crippen molar-refractivity contribution in [3.63, 3.8) is 0 Å². The highest BCUT2D eigenvalue weighted by molar-refractivity contribution is 7.99. The van der Waals surface area contributed by atoms with E-state index in [-0.39, 0.29) is 6.61 Å². The molecule has 0 saturated carbocycles. The Balaban J connectivity index is 1.63. The van der Waals surface area contributed by atoms with Crippen molar-refractivity contribution in [2.75, 3.05) is 12.4 Å². The molecule has 1 aromatic heterocycles. The molecule has 1 atom stereocenters. The fraction of sp³-hybridized carbons (Fsp3) is 0.350. The standard InChI is InChI=1S/C20H24N4O2S/c1-13-8-9-14(2)18(10-13)24-20(21-22-23-24)27-12-17(25)11-26-19-15(3)6-5-7-16(19)4/h5-10,17,25H,11-12H2,1-4H3/t17-/m0/s1. The summed E-state index contributed by atoms with van der Waals surface area (Å²) in [5.41, 5.74) is 5.31. The van der Waals surface area contributed by atoms with E-state index in [1.54, 1.807) is 4.68 Å². The van der Waals surface area contributed by atoms with Crippen molar-refractivity contribution in [2.24, 2.45) is 0 Å². The fourth-order valence-corrected chi connectivity index (χ4v) is 3.58. The fourth-order valence-electron chi connectivity index (χ4n) is 2.79. The Morgan fingerprint density at radius 1 is 1.07 bits per heavy atom. The monoisotopic (exact) mass is 384 g/mol. The van der Waals surface area contributed by atoms with Gasteiger partial charge in [0.15, 0.2) is 0 Å². The van der Waals surface area contributed by atoms with E-state index in [0.29, 0.717) is 10.9 Å². The van der Waals surface area contributed by atoms with Crippen LogP contribution in [0.3, 0.4) is 0 Å². The van der Waals surface area contributed by atoms with E-state index in [0.717, 1.165) is 33.7 Å². The first kappa shape index (κ1) is 19.4. The molecule has 0 aliphatic heterocycles. The number of thioether (sulfide) groups is 1. The second kappa shape index (κ2) is 8.54. The maximum atomic E-state index is 10.3. The van der Waals surface area contributed by atoms with Crippen molar-refractivity contribution in [2.45, 2.75) is 39.0 Å². The van der Waals surface area contributed by atoms with Crippen LogP contribution in [-0.4, -0.2) is 43.8 Å². The zero-order chi connectivity index (χ0) is 19.4. The summed E-state index contributed by atoms with van der Waals surface area (Å²) < 4.78 is 7.54. The summed E-state index contributed by atoms with van der Waals surface area (Å²) in [5, 5.41) is 23.0. The van der Waals surface area contributed by atoms with Crippen molar-refractivity contribution < 1.29 is 9.84 Å². The zero-order valence-electron chi connectivity index (χ0n) is 16.0. The third-order valence-electron chi connectivity index (χ3n) is 4.27. The Morgan fingerprint density at radius 2 is 1.81 bits per heavy atom. The smallest absolute Gasteiger partial charge is 0.214 e. The van der Waals surface area contributed by atoms with E-state index in [1.807, 2.05) is 52.0 Å². The van der Waals surface area contributed by atoms with Crippen LogP contribution in [0.15, 0.2) is 41.6 Å². The SMILES string of the molecule is Cc1ccc(C)c(-n2nnnc2SC[C@@H](O)COc2c(C)cccc2C)c1. The van der Waals surface area contributed by atoms with Gasteiger partial charge < -0.3 is 9.84 Å². The molecule has 3 aromatic rings. The molecule has 3 rings (SSSR count). The highest BCUT2D eigenvalue weighted by atomic mass is 32.2. The molecule has 1 N–H and O–H groups in total. The molecule has 2 aromatic carbocycles. The van der Waals surface area contributed by atoms with E-state index >= 15 is 0 Å². The van der Waals surface area contributed by atoms with Gasteiger partial charge >= 0.3 is 0 Å². The topological polar surface area (TPSA) is 73.1 Å². The van der Waals surface area contributed by atoms with Gasteiger partial charge in [0, 0.05) is 5.75 Å². The van der Waals surface area contributed by atoms with Crippen molar-refractivity contribution in [1.29, 1.82) is 0 Å². The number of aromatic nitrogens is 4. The molecule has 0 bridgehead atoms. The van der Waals surface area contributed by atoms with Gasteiger partial charge in [0.25, 0.3) is 0 Å². The second-order valence-corrected chi connectivity index (χ2v) is 7.65. The maximum Gasteiger partial charge on any atom is 0.214 e. The van der Waals surface area contributed by atoms with E-state index in [9.17, 15) is 5.11 Å². The molecule has 0 aliphatic carbocycles. The number of aliphatic hydroxyl groups excluding tert-OH is 1. The third-order valence-corrected chi connectivity index (χ3v) is 5.33. The first-order chi connectivity index (χ1) is 13.0. The van der Waals surface area contributed by atoms with Gasteiger partial charge in [0.1, 0.15) is 12.4 Å². The van der Waals surface area contributed by atoms with Crippen molar-refractivity contribution in [3.05, 3.63) is 58.7 Å². The Bertz CT molecular complexity index is 906. The first-order valence-corrected chi connectivity index (χ1v) is 9.80. The highest BCUT2D eigenvalue weighted by Crippen LogP contribution is 2.24. The van der Waals surface area contributed by atoms with Gasteiger partial charge in [-0.15, -0.1) is 5.10 Å². The number of para-hydroxylation sites is 1. The minimum atomic E-state index is -0.627. The largest absolute Gasteiger partial charge is 0.490 e. The number of aliphatic hydroxyl groups is 1. The lowest BCUT2D eigenvalue weighted by molar-refractivity contribution is 0.125. The van der Waals surface area contributed by atoms with Gasteiger partial charge in [0.2, 0.25) is 5.16 Å². The van der Waals surface area contributed by atoms with Crippen LogP contribution in [0.25, 0.3) is 5.69 Å². The Kier molecular flexibility index (Phi) is 6.13. The van der Waals surface area contributed by atoms with E-state index in [1.165, 1.54) is 11.8 Å². The molecule has 0 spiro atoms. The van der Waals surface area contributed by atoms with Crippen LogP contribution in [0.2, 0.25) is 0 Å². The summed E-state index contributed by atoms with van der Waals surface area (Å²) in [7, 11) is 0. The van der Waals surface area contributed by atoms with Crippen LogP contribution in [0.1, 0.15) is 22.3 Å². The van der Waals surface area contributed by atoms with Gasteiger partial charge in [0.05, 0.1) is 11.8 Å². The number of hydrogen-bond donors (Lipinski definition) is 1. The van der Waals surface area contributed by atoms with Gasteiger partial charge in [-0.3, -0.25) is 0 Å². The first-order valence-electron chi connectivity index (χ1n) is 8.81. The molecule has 7 heteroatoms. The number of hydrogen-bond acceptors (Lipinski definition) is 6. The molecule has 0 unspecified atom stereocenters. The number of nitrogens with zero attached hydrogens (tertiary/aromatic N) is 4. The lowest BCUT2D eigenvalue weighted by atomic mass is 10.1. The molecular formula is C20H24N4O2S. The Hall–Kier alpha value is -2.38. The summed E-state index contributed by atoms with van der Waals surface area (Å²) in [4.78, 5) is 0. The van der Waals surface area contributed by atoms with Gasteiger partial charge in [-0.2, -0.15) is 4.68 Å². The summed E-state index contributed by atoms with van der Waals surface area (Å²) in [6.45, 7) is 8.29. The summed E-state index contributed by atoms with van der Waals surface area (Å²) in [6.07, 6.45) is -0.627. The van der Waals surface area contributed by atoms with Crippen molar-refractivity contribution in [3.8, 4) is 11.4 Å². The minimum Gasteiger partial charge on any atom is -0.490 e. The molecule has 0 fully saturated rings. The number of tetrazole rings is 1. The summed E-state index contributed by atoms with van der Waals surface area (Å²) in [6, 6.07) is 12.2. The molecule has 0 saturated heterocycles.